The highest BCUT2D eigenvalue weighted by molar-refractivity contribution is 6.42. The normalized spacial score (nSPS) is 25.2. The van der Waals surface area contributed by atoms with Crippen molar-refractivity contribution < 1.29 is 34.4 Å². The SMILES string of the molecule is C[C@@H]1OC(=O)c2c(O)cc(OCc3ccc(Cl)c(Cl)c3)cc2/C=C/C[C@H](O)[C@H](O)C(=O)/C=C\[C@@H]1C. The number of phenolic OH excluding ortho intramolecular Hbond substituents is 1. The Morgan fingerprint density at radius 1 is 1.06 bits per heavy atom. The monoisotopic (exact) mass is 520 g/mol. The first-order valence-corrected chi connectivity index (χ1v) is 11.7. The first kappa shape index (κ1) is 26.8. The number of aliphatic hydroxyl groups excluding tert-OH is 2. The lowest BCUT2D eigenvalue weighted by atomic mass is 9.99. The Kier molecular flexibility index (Phi) is 8.97. The highest BCUT2D eigenvalue weighted by Crippen LogP contribution is 2.32. The van der Waals surface area contributed by atoms with Crippen molar-refractivity contribution in [2.24, 2.45) is 5.92 Å². The first-order chi connectivity index (χ1) is 16.6. The number of fused-ring (bicyclic) bond motifs is 1. The number of esters is 1. The molecular weight excluding hydrogens is 495 g/mol. The van der Waals surface area contributed by atoms with Crippen molar-refractivity contribution in [2.75, 3.05) is 0 Å². The van der Waals surface area contributed by atoms with Gasteiger partial charge in [-0.15, -0.1) is 0 Å². The summed E-state index contributed by atoms with van der Waals surface area (Å²) < 4.78 is 11.3. The van der Waals surface area contributed by atoms with E-state index in [1.165, 1.54) is 36.4 Å². The van der Waals surface area contributed by atoms with Crippen molar-refractivity contribution in [3.8, 4) is 11.5 Å². The summed E-state index contributed by atoms with van der Waals surface area (Å²) in [5, 5.41) is 31.8. The number of aromatic hydroxyl groups is 1. The number of carbonyl (C=O) groups excluding carboxylic acids is 2. The van der Waals surface area contributed by atoms with E-state index in [-0.39, 0.29) is 41.6 Å². The molecule has 1 aliphatic rings. The van der Waals surface area contributed by atoms with Gasteiger partial charge in [0, 0.05) is 12.0 Å². The second-order valence-electron chi connectivity index (χ2n) is 8.33. The van der Waals surface area contributed by atoms with Crippen LogP contribution < -0.4 is 4.74 Å². The number of cyclic esters (lactones) is 1. The van der Waals surface area contributed by atoms with Gasteiger partial charge in [0.05, 0.1) is 16.1 Å². The molecule has 0 aliphatic carbocycles. The van der Waals surface area contributed by atoms with Crippen LogP contribution in [0.4, 0.5) is 0 Å². The number of rotatable bonds is 3. The molecule has 0 amide bonds. The molecule has 0 radical (unpaired) electrons. The fourth-order valence-corrected chi connectivity index (χ4v) is 3.67. The third-order valence-corrected chi connectivity index (χ3v) is 6.38. The van der Waals surface area contributed by atoms with Gasteiger partial charge in [0.15, 0.2) is 5.78 Å². The van der Waals surface area contributed by atoms with E-state index in [2.05, 4.69) is 0 Å². The van der Waals surface area contributed by atoms with E-state index < -0.39 is 30.1 Å². The van der Waals surface area contributed by atoms with Crippen LogP contribution in [-0.4, -0.2) is 45.4 Å². The van der Waals surface area contributed by atoms with Crippen molar-refractivity contribution >= 4 is 41.0 Å². The van der Waals surface area contributed by atoms with Crippen molar-refractivity contribution in [2.45, 2.75) is 45.2 Å². The minimum atomic E-state index is -1.60. The maximum Gasteiger partial charge on any atom is 0.342 e. The summed E-state index contributed by atoms with van der Waals surface area (Å²) in [5.41, 5.74) is 0.945. The second kappa shape index (κ2) is 11.7. The van der Waals surface area contributed by atoms with Crippen LogP contribution in [0.15, 0.2) is 48.6 Å². The second-order valence-corrected chi connectivity index (χ2v) is 9.14. The highest BCUT2D eigenvalue weighted by Gasteiger charge is 2.25. The minimum Gasteiger partial charge on any atom is -0.507 e. The molecule has 186 valence electrons. The summed E-state index contributed by atoms with van der Waals surface area (Å²) in [6.07, 6.45) is 1.97. The number of halogens is 2. The Morgan fingerprint density at radius 2 is 1.80 bits per heavy atom. The summed E-state index contributed by atoms with van der Waals surface area (Å²) in [6, 6.07) is 7.89. The molecule has 2 aromatic carbocycles. The predicted octanol–water partition coefficient (Wildman–Crippen LogP) is 4.72. The highest BCUT2D eigenvalue weighted by atomic mass is 35.5. The maximum atomic E-state index is 12.9. The summed E-state index contributed by atoms with van der Waals surface area (Å²) in [5.74, 6) is -1.85. The number of ether oxygens (including phenoxy) is 2. The molecule has 0 saturated heterocycles. The third kappa shape index (κ3) is 6.86. The van der Waals surface area contributed by atoms with Gasteiger partial charge in [-0.3, -0.25) is 4.79 Å². The first-order valence-electron chi connectivity index (χ1n) is 11.0. The molecule has 0 aromatic heterocycles. The molecule has 4 atom stereocenters. The van der Waals surface area contributed by atoms with Crippen molar-refractivity contribution in [1.82, 2.24) is 0 Å². The maximum absolute atomic E-state index is 12.9. The molecular formula is C26H26Cl2O7. The number of benzene rings is 2. The molecule has 3 N–H and O–H groups in total. The zero-order valence-corrected chi connectivity index (χ0v) is 20.7. The van der Waals surface area contributed by atoms with Gasteiger partial charge < -0.3 is 24.8 Å². The van der Waals surface area contributed by atoms with Gasteiger partial charge in [-0.25, -0.2) is 4.79 Å². The van der Waals surface area contributed by atoms with Crippen LogP contribution in [0.3, 0.4) is 0 Å². The van der Waals surface area contributed by atoms with Crippen LogP contribution in [0, 0.1) is 5.92 Å². The van der Waals surface area contributed by atoms with E-state index in [0.717, 1.165) is 5.56 Å². The topological polar surface area (TPSA) is 113 Å². The Morgan fingerprint density at radius 3 is 2.51 bits per heavy atom. The van der Waals surface area contributed by atoms with Crippen LogP contribution in [0.25, 0.3) is 6.08 Å². The van der Waals surface area contributed by atoms with Gasteiger partial charge in [-0.2, -0.15) is 0 Å². The molecule has 3 rings (SSSR count). The lowest BCUT2D eigenvalue weighted by Crippen LogP contribution is -2.32. The number of phenols is 1. The number of ketones is 1. The minimum absolute atomic E-state index is 0.0731. The van der Waals surface area contributed by atoms with Crippen molar-refractivity contribution in [1.29, 1.82) is 0 Å². The molecule has 35 heavy (non-hydrogen) atoms. The van der Waals surface area contributed by atoms with Crippen molar-refractivity contribution in [3.63, 3.8) is 0 Å². The molecule has 0 unspecified atom stereocenters. The molecule has 1 aliphatic heterocycles. The zero-order chi connectivity index (χ0) is 25.7. The van der Waals surface area contributed by atoms with Gasteiger partial charge in [0.1, 0.15) is 35.9 Å². The third-order valence-electron chi connectivity index (χ3n) is 5.64. The molecule has 0 spiro atoms. The van der Waals surface area contributed by atoms with E-state index in [0.29, 0.717) is 10.0 Å². The van der Waals surface area contributed by atoms with E-state index in [1.807, 2.05) is 0 Å². The summed E-state index contributed by atoms with van der Waals surface area (Å²) in [7, 11) is 0. The van der Waals surface area contributed by atoms with Gasteiger partial charge in [-0.1, -0.05) is 54.4 Å². The number of hydrogen-bond donors (Lipinski definition) is 3. The Bertz CT molecular complexity index is 1160. The standard InChI is InChI=1S/C26H26Cl2O7/c1-14-6-9-22(30)25(32)21(29)5-3-4-17-11-18(12-23(31)24(17)26(33)35-15(14)2)34-13-16-7-8-19(27)20(28)10-16/h3-4,6-12,14-15,21,25,29,31-32H,5,13H2,1-2H3/b4-3+,9-6-/t14-,15-,21-,25-/m0/s1. The largest absolute Gasteiger partial charge is 0.507 e. The Hall–Kier alpha value is -2.84. The van der Waals surface area contributed by atoms with Gasteiger partial charge in [0.2, 0.25) is 0 Å². The fraction of sp³-hybridized carbons (Fsp3) is 0.308. The molecule has 2 aromatic rings. The van der Waals surface area contributed by atoms with E-state index in [1.54, 1.807) is 32.0 Å². The Labute approximate surface area is 213 Å². The predicted molar refractivity (Wildman–Crippen MR) is 133 cm³/mol. The van der Waals surface area contributed by atoms with Crippen LogP contribution in [-0.2, 0) is 16.1 Å². The number of aliphatic hydroxyl groups is 2. The smallest absolute Gasteiger partial charge is 0.342 e. The Balaban J connectivity index is 1.94. The molecule has 9 heteroatoms. The lowest BCUT2D eigenvalue weighted by molar-refractivity contribution is -0.127. The van der Waals surface area contributed by atoms with Crippen LogP contribution >= 0.6 is 23.2 Å². The fourth-order valence-electron chi connectivity index (χ4n) is 3.34. The molecule has 7 nitrogen and oxygen atoms in total. The summed E-state index contributed by atoms with van der Waals surface area (Å²) >= 11 is 12.0. The van der Waals surface area contributed by atoms with Crippen LogP contribution in [0.5, 0.6) is 11.5 Å². The van der Waals surface area contributed by atoms with E-state index >= 15 is 0 Å². The number of carbonyl (C=O) groups is 2. The quantitative estimate of drug-likeness (QED) is 0.501. The van der Waals surface area contributed by atoms with Crippen LogP contribution in [0.2, 0.25) is 10.0 Å². The van der Waals surface area contributed by atoms with Gasteiger partial charge >= 0.3 is 5.97 Å². The average molecular weight is 521 g/mol. The molecule has 1 heterocycles. The average Bonchev–Trinajstić information content (AvgIpc) is 2.81. The molecule has 0 saturated carbocycles. The van der Waals surface area contributed by atoms with E-state index in [9.17, 15) is 24.9 Å². The zero-order valence-electron chi connectivity index (χ0n) is 19.2. The lowest BCUT2D eigenvalue weighted by Gasteiger charge is -2.20. The van der Waals surface area contributed by atoms with Crippen LogP contribution in [0.1, 0.15) is 41.8 Å². The summed E-state index contributed by atoms with van der Waals surface area (Å²) in [4.78, 5) is 25.1. The van der Waals surface area contributed by atoms with E-state index in [4.69, 9.17) is 32.7 Å². The molecule has 0 bridgehead atoms. The van der Waals surface area contributed by atoms with Gasteiger partial charge in [0.25, 0.3) is 0 Å². The number of hydrogen-bond acceptors (Lipinski definition) is 7. The van der Waals surface area contributed by atoms with Gasteiger partial charge in [-0.05, 0) is 48.7 Å². The molecule has 0 fully saturated rings. The summed E-state index contributed by atoms with van der Waals surface area (Å²) in [6.45, 7) is 3.50. The van der Waals surface area contributed by atoms with Crippen molar-refractivity contribution in [3.05, 3.63) is 75.3 Å².